The Labute approximate surface area is 163 Å². The molecule has 144 valence electrons. The molecule has 2 N–H and O–H groups in total. The molecular formula is C20H26N4O2S. The normalized spacial score (nSPS) is 25.3. The molecule has 27 heavy (non-hydrogen) atoms. The first kappa shape index (κ1) is 18.4. The molecule has 1 aromatic heterocycles. The van der Waals surface area contributed by atoms with Crippen molar-refractivity contribution in [1.29, 1.82) is 0 Å². The Morgan fingerprint density at radius 3 is 2.63 bits per heavy atom. The molecule has 0 radical (unpaired) electrons. The zero-order chi connectivity index (χ0) is 18.5. The highest BCUT2D eigenvalue weighted by molar-refractivity contribution is 7.09. The molecule has 1 saturated heterocycles. The largest absolute Gasteiger partial charge is 0.378 e. The van der Waals surface area contributed by atoms with Gasteiger partial charge >= 0.3 is 0 Å². The van der Waals surface area contributed by atoms with Gasteiger partial charge in [-0.05, 0) is 38.5 Å². The summed E-state index contributed by atoms with van der Waals surface area (Å²) in [5, 5.41) is 7.57. The highest BCUT2D eigenvalue weighted by atomic mass is 32.1. The SMILES string of the molecule is O=C(CC1CCCO1)NC1CCC(Nc2nc(-c3ccccc3)ns2)CC1. The van der Waals surface area contributed by atoms with E-state index in [0.717, 1.165) is 61.7 Å². The number of rotatable bonds is 6. The molecule has 1 aliphatic carbocycles. The van der Waals surface area contributed by atoms with Crippen molar-refractivity contribution in [3.05, 3.63) is 30.3 Å². The second kappa shape index (κ2) is 8.80. The Morgan fingerprint density at radius 2 is 1.89 bits per heavy atom. The van der Waals surface area contributed by atoms with Gasteiger partial charge in [-0.3, -0.25) is 4.79 Å². The second-order valence-corrected chi connectivity index (χ2v) is 8.14. The van der Waals surface area contributed by atoms with Crippen LogP contribution in [-0.4, -0.2) is 40.1 Å². The molecule has 2 aliphatic rings. The minimum absolute atomic E-state index is 0.124. The highest BCUT2D eigenvalue weighted by Gasteiger charge is 2.25. The molecule has 1 aromatic carbocycles. The van der Waals surface area contributed by atoms with Gasteiger partial charge in [-0.2, -0.15) is 9.36 Å². The number of hydrogen-bond donors (Lipinski definition) is 2. The Kier molecular flexibility index (Phi) is 5.99. The van der Waals surface area contributed by atoms with Crippen LogP contribution in [0.15, 0.2) is 30.3 Å². The van der Waals surface area contributed by atoms with Gasteiger partial charge in [0.2, 0.25) is 11.0 Å². The van der Waals surface area contributed by atoms with Gasteiger partial charge in [0.05, 0.1) is 12.5 Å². The molecule has 7 heteroatoms. The van der Waals surface area contributed by atoms with E-state index in [0.29, 0.717) is 12.5 Å². The number of nitrogens with zero attached hydrogens (tertiary/aromatic N) is 2. The first-order chi connectivity index (χ1) is 13.3. The lowest BCUT2D eigenvalue weighted by molar-refractivity contribution is -0.124. The first-order valence-electron chi connectivity index (χ1n) is 9.83. The predicted octanol–water partition coefficient (Wildman–Crippen LogP) is 3.61. The molecule has 1 aliphatic heterocycles. The molecule has 1 atom stereocenters. The van der Waals surface area contributed by atoms with E-state index in [1.807, 2.05) is 30.3 Å². The third kappa shape index (κ3) is 5.05. The number of carbonyl (C=O) groups is 1. The number of carbonyl (C=O) groups excluding carboxylic acids is 1. The van der Waals surface area contributed by atoms with Crippen LogP contribution in [0.5, 0.6) is 0 Å². The summed E-state index contributed by atoms with van der Waals surface area (Å²) in [6.07, 6.45) is 6.78. The number of ether oxygens (including phenoxy) is 1. The van der Waals surface area contributed by atoms with Crippen molar-refractivity contribution in [3.63, 3.8) is 0 Å². The van der Waals surface area contributed by atoms with Gasteiger partial charge in [0.15, 0.2) is 5.82 Å². The van der Waals surface area contributed by atoms with Crippen LogP contribution in [0.3, 0.4) is 0 Å². The Hall–Kier alpha value is -1.99. The molecule has 0 spiro atoms. The van der Waals surface area contributed by atoms with Crippen LogP contribution in [0, 0.1) is 0 Å². The third-order valence-corrected chi connectivity index (χ3v) is 5.96. The lowest BCUT2D eigenvalue weighted by Gasteiger charge is -2.29. The molecule has 2 aromatic rings. The maximum absolute atomic E-state index is 12.2. The maximum Gasteiger partial charge on any atom is 0.222 e. The van der Waals surface area contributed by atoms with Gasteiger partial charge in [-0.1, -0.05) is 30.3 Å². The van der Waals surface area contributed by atoms with Gasteiger partial charge < -0.3 is 15.4 Å². The number of anilines is 1. The molecule has 2 heterocycles. The number of benzene rings is 1. The zero-order valence-corrected chi connectivity index (χ0v) is 16.2. The average Bonchev–Trinajstić information content (AvgIpc) is 3.36. The predicted molar refractivity (Wildman–Crippen MR) is 107 cm³/mol. The van der Waals surface area contributed by atoms with E-state index in [4.69, 9.17) is 4.74 Å². The highest BCUT2D eigenvalue weighted by Crippen LogP contribution is 2.26. The van der Waals surface area contributed by atoms with Crippen LogP contribution in [-0.2, 0) is 9.53 Å². The lowest BCUT2D eigenvalue weighted by Crippen LogP contribution is -2.41. The summed E-state index contributed by atoms with van der Waals surface area (Å²) in [4.78, 5) is 16.8. The van der Waals surface area contributed by atoms with E-state index in [2.05, 4.69) is 20.0 Å². The number of amides is 1. The lowest BCUT2D eigenvalue weighted by atomic mass is 9.91. The third-order valence-electron chi connectivity index (χ3n) is 5.31. The Balaban J connectivity index is 1.21. The number of hydrogen-bond acceptors (Lipinski definition) is 6. The van der Waals surface area contributed by atoms with Crippen LogP contribution >= 0.6 is 11.5 Å². The van der Waals surface area contributed by atoms with Crippen molar-refractivity contribution in [2.75, 3.05) is 11.9 Å². The molecular weight excluding hydrogens is 360 g/mol. The number of nitrogens with one attached hydrogen (secondary N) is 2. The zero-order valence-electron chi connectivity index (χ0n) is 15.4. The Bertz CT molecular complexity index is 737. The van der Waals surface area contributed by atoms with Gasteiger partial charge in [-0.15, -0.1) is 0 Å². The second-order valence-electron chi connectivity index (χ2n) is 7.39. The molecule has 4 rings (SSSR count). The van der Waals surface area contributed by atoms with Crippen LogP contribution in [0.1, 0.15) is 44.9 Å². The van der Waals surface area contributed by atoms with Crippen molar-refractivity contribution >= 4 is 22.6 Å². The quantitative estimate of drug-likeness (QED) is 0.793. The standard InChI is InChI=1S/C20H26N4O2S/c25-18(13-17-7-4-12-26-17)21-15-8-10-16(11-9-15)22-20-23-19(24-27-20)14-5-2-1-3-6-14/h1-3,5-6,15-17H,4,7-13H2,(H,21,25)(H,22,23,24). The maximum atomic E-state index is 12.2. The fraction of sp³-hybridized carbons (Fsp3) is 0.550. The minimum atomic E-state index is 0.124. The van der Waals surface area contributed by atoms with Crippen molar-refractivity contribution in [2.45, 2.75) is 63.1 Å². The first-order valence-corrected chi connectivity index (χ1v) is 10.6. The van der Waals surface area contributed by atoms with Gasteiger partial charge in [0.25, 0.3) is 0 Å². The summed E-state index contributed by atoms with van der Waals surface area (Å²) in [5.74, 6) is 0.910. The van der Waals surface area contributed by atoms with Crippen LogP contribution in [0.4, 0.5) is 5.13 Å². The molecule has 0 bridgehead atoms. The molecule has 1 saturated carbocycles. The van der Waals surface area contributed by atoms with E-state index in [1.165, 1.54) is 11.5 Å². The van der Waals surface area contributed by atoms with E-state index < -0.39 is 0 Å². The summed E-state index contributed by atoms with van der Waals surface area (Å²) >= 11 is 1.41. The molecule has 1 unspecified atom stereocenters. The van der Waals surface area contributed by atoms with E-state index in [-0.39, 0.29) is 18.1 Å². The topological polar surface area (TPSA) is 76.1 Å². The minimum Gasteiger partial charge on any atom is -0.378 e. The van der Waals surface area contributed by atoms with Gasteiger partial charge in [0.1, 0.15) is 0 Å². The fourth-order valence-electron chi connectivity index (χ4n) is 3.84. The fourth-order valence-corrected chi connectivity index (χ4v) is 4.51. The Morgan fingerprint density at radius 1 is 1.11 bits per heavy atom. The molecule has 6 nitrogen and oxygen atoms in total. The summed E-state index contributed by atoms with van der Waals surface area (Å²) in [6.45, 7) is 0.798. The monoisotopic (exact) mass is 386 g/mol. The van der Waals surface area contributed by atoms with Crippen LogP contribution in [0.2, 0.25) is 0 Å². The summed E-state index contributed by atoms with van der Waals surface area (Å²) in [5.41, 5.74) is 1.04. The van der Waals surface area contributed by atoms with E-state index in [1.54, 1.807) is 0 Å². The molecule has 2 fully saturated rings. The average molecular weight is 387 g/mol. The van der Waals surface area contributed by atoms with E-state index in [9.17, 15) is 4.79 Å². The van der Waals surface area contributed by atoms with Crippen molar-refractivity contribution in [2.24, 2.45) is 0 Å². The van der Waals surface area contributed by atoms with Crippen molar-refractivity contribution in [3.8, 4) is 11.4 Å². The van der Waals surface area contributed by atoms with Crippen molar-refractivity contribution < 1.29 is 9.53 Å². The van der Waals surface area contributed by atoms with Crippen molar-refractivity contribution in [1.82, 2.24) is 14.7 Å². The summed E-state index contributed by atoms with van der Waals surface area (Å²) in [6, 6.07) is 10.7. The van der Waals surface area contributed by atoms with Gasteiger partial charge in [0, 0.05) is 35.8 Å². The van der Waals surface area contributed by atoms with Gasteiger partial charge in [-0.25, -0.2) is 0 Å². The molecule has 1 amide bonds. The van der Waals surface area contributed by atoms with Crippen LogP contribution in [0.25, 0.3) is 11.4 Å². The van der Waals surface area contributed by atoms with E-state index >= 15 is 0 Å². The smallest absolute Gasteiger partial charge is 0.222 e. The number of aromatic nitrogens is 2. The summed E-state index contributed by atoms with van der Waals surface area (Å²) in [7, 11) is 0. The van der Waals surface area contributed by atoms with Crippen LogP contribution < -0.4 is 10.6 Å². The summed E-state index contributed by atoms with van der Waals surface area (Å²) < 4.78 is 10.0.